The van der Waals surface area contributed by atoms with E-state index in [1.807, 2.05) is 12.2 Å². The number of rotatable bonds is 37. The third-order valence-corrected chi connectivity index (χ3v) is 11.6. The van der Waals surface area contributed by atoms with Crippen molar-refractivity contribution < 1.29 is 76.6 Å². The minimum atomic E-state index is -4.90. The maximum atomic E-state index is 12.8. The predicted molar refractivity (Wildman–Crippen MR) is 226 cm³/mol. The molecule has 0 aromatic rings. The van der Waals surface area contributed by atoms with Crippen molar-refractivity contribution in [2.75, 3.05) is 26.4 Å². The van der Waals surface area contributed by atoms with Crippen molar-refractivity contribution in [3.63, 3.8) is 0 Å². The first kappa shape index (κ1) is 56.2. The van der Waals surface area contributed by atoms with Crippen LogP contribution in [0.2, 0.25) is 0 Å². The Morgan fingerprint density at radius 1 is 0.750 bits per heavy atom. The molecule has 0 spiro atoms. The van der Waals surface area contributed by atoms with Gasteiger partial charge in [-0.2, -0.15) is 0 Å². The number of aliphatic hydroxyl groups is 3. The molecule has 0 aliphatic heterocycles. The van der Waals surface area contributed by atoms with E-state index in [1.165, 1.54) is 38.5 Å². The summed E-state index contributed by atoms with van der Waals surface area (Å²) in [5.74, 6) is -1.36. The van der Waals surface area contributed by atoms with E-state index in [-0.39, 0.29) is 31.0 Å². The molecule has 1 saturated carbocycles. The molecule has 1 aliphatic rings. The summed E-state index contributed by atoms with van der Waals surface area (Å²) in [7, 11) is -9.78. The largest absolute Gasteiger partial charge is 0.472 e. The van der Waals surface area contributed by atoms with Gasteiger partial charge in [-0.15, -0.1) is 0 Å². The molecule has 1 aliphatic carbocycles. The summed E-state index contributed by atoms with van der Waals surface area (Å²) >= 11 is 0. The lowest BCUT2D eigenvalue weighted by Crippen LogP contribution is -2.29. The van der Waals surface area contributed by atoms with Crippen LogP contribution >= 0.6 is 15.6 Å². The average molecular weight is 899 g/mol. The number of Topliss-reactive ketones (excluding diaryl/α,β-unsaturated/α-hetero) is 1. The van der Waals surface area contributed by atoms with Crippen LogP contribution in [0.5, 0.6) is 0 Å². The second-order valence-corrected chi connectivity index (χ2v) is 18.9. The SMILES string of the molecule is CCCCC[C@H](O)/C=C/[C@H]1C(=O)C[C@H](O)[C@@H]1C/C=C\CCCC(=O)O[C@H](COC(=O)CCCCCCCCCCCCC(C)C)COP(=O)(O)OC[C@@H](O)COP(=O)(O)O. The van der Waals surface area contributed by atoms with Crippen molar-refractivity contribution >= 4 is 33.4 Å². The fourth-order valence-electron chi connectivity index (χ4n) is 6.69. The molecule has 16 nitrogen and oxygen atoms in total. The van der Waals surface area contributed by atoms with Gasteiger partial charge in [0.2, 0.25) is 0 Å². The summed E-state index contributed by atoms with van der Waals surface area (Å²) in [4.78, 5) is 65.4. The molecule has 0 saturated heterocycles. The molecule has 0 aromatic heterocycles. The molecule has 7 atom stereocenters. The van der Waals surface area contributed by atoms with Crippen LogP contribution in [0.1, 0.15) is 156 Å². The molecule has 0 bridgehead atoms. The second-order valence-electron chi connectivity index (χ2n) is 16.2. The van der Waals surface area contributed by atoms with Crippen LogP contribution in [0.3, 0.4) is 0 Å². The summed E-state index contributed by atoms with van der Waals surface area (Å²) in [6.07, 6.45) is 19.9. The van der Waals surface area contributed by atoms with E-state index in [1.54, 1.807) is 12.2 Å². The Morgan fingerprint density at radius 3 is 1.97 bits per heavy atom. The van der Waals surface area contributed by atoms with Gasteiger partial charge in [0, 0.05) is 31.1 Å². The highest BCUT2D eigenvalue weighted by atomic mass is 31.2. The molecule has 0 amide bonds. The van der Waals surface area contributed by atoms with Crippen molar-refractivity contribution in [2.45, 2.75) is 180 Å². The third kappa shape index (κ3) is 30.3. The first-order chi connectivity index (χ1) is 28.4. The normalized spacial score (nSPS) is 19.9. The van der Waals surface area contributed by atoms with Crippen LogP contribution in [-0.4, -0.2) is 98.6 Å². The number of carbonyl (C=O) groups excluding carboxylic acids is 3. The van der Waals surface area contributed by atoms with Gasteiger partial charge in [-0.05, 0) is 38.0 Å². The average Bonchev–Trinajstić information content (AvgIpc) is 3.45. The van der Waals surface area contributed by atoms with Gasteiger partial charge < -0.3 is 39.5 Å². The highest BCUT2D eigenvalue weighted by Gasteiger charge is 2.39. The lowest BCUT2D eigenvalue weighted by atomic mass is 9.90. The number of unbranched alkanes of at least 4 members (excludes halogenated alkanes) is 12. The first-order valence-corrected chi connectivity index (χ1v) is 25.0. The van der Waals surface area contributed by atoms with Gasteiger partial charge in [-0.25, -0.2) is 9.13 Å². The van der Waals surface area contributed by atoms with Gasteiger partial charge in [-0.1, -0.05) is 129 Å². The standard InChI is InChI=1S/C42H76O16P2/c1-4-5-16-22-34(43)26-27-38-37(39(45)28-40(38)46)23-18-14-15-20-25-42(48)58-36(32-57-60(52,53)56-30-35(44)29-55-59(49,50)51)31-54-41(47)24-19-13-11-9-7-6-8-10-12-17-21-33(2)3/h14,18,26-27,33-39,43-45H,4-13,15-17,19-25,28-32H2,1-3H3,(H,52,53)(H2,49,50,51)/b18-14-,27-26+/t34-,35-,36+,37+,38+,39-/m0/s1. The minimum absolute atomic E-state index is 0.0542. The molecule has 18 heteroatoms. The third-order valence-electron chi connectivity index (χ3n) is 10.1. The van der Waals surface area contributed by atoms with Gasteiger partial charge in [0.05, 0.1) is 32.0 Å². The van der Waals surface area contributed by atoms with Crippen LogP contribution in [0.15, 0.2) is 24.3 Å². The topological polar surface area (TPSA) is 253 Å². The zero-order chi connectivity index (χ0) is 44.8. The van der Waals surface area contributed by atoms with Crippen LogP contribution in [0.25, 0.3) is 0 Å². The molecule has 60 heavy (non-hydrogen) atoms. The monoisotopic (exact) mass is 898 g/mol. The Morgan fingerprint density at radius 2 is 1.33 bits per heavy atom. The fourth-order valence-corrected chi connectivity index (χ4v) is 7.85. The molecule has 0 heterocycles. The van der Waals surface area contributed by atoms with E-state index in [0.29, 0.717) is 32.1 Å². The van der Waals surface area contributed by atoms with Gasteiger partial charge in [0.15, 0.2) is 6.10 Å². The summed E-state index contributed by atoms with van der Waals surface area (Å²) in [5.41, 5.74) is 0. The van der Waals surface area contributed by atoms with Gasteiger partial charge >= 0.3 is 27.6 Å². The van der Waals surface area contributed by atoms with Crippen molar-refractivity contribution in [3.8, 4) is 0 Å². The smallest absolute Gasteiger partial charge is 0.462 e. The van der Waals surface area contributed by atoms with Crippen LogP contribution in [-0.2, 0) is 46.6 Å². The summed E-state index contributed by atoms with van der Waals surface area (Å²) in [5, 5.41) is 30.5. The Kier molecular flexibility index (Phi) is 30.7. The lowest BCUT2D eigenvalue weighted by Gasteiger charge is -2.20. The molecular weight excluding hydrogens is 822 g/mol. The minimum Gasteiger partial charge on any atom is -0.462 e. The molecule has 350 valence electrons. The van der Waals surface area contributed by atoms with Gasteiger partial charge in [0.1, 0.15) is 18.5 Å². The number of hydrogen-bond donors (Lipinski definition) is 6. The molecule has 0 radical (unpaired) electrons. The van der Waals surface area contributed by atoms with E-state index in [0.717, 1.165) is 50.9 Å². The number of hydrogen-bond acceptors (Lipinski definition) is 13. The maximum absolute atomic E-state index is 12.8. The molecule has 1 rings (SSSR count). The number of phosphoric acid groups is 2. The number of esters is 2. The lowest BCUT2D eigenvalue weighted by molar-refractivity contribution is -0.161. The van der Waals surface area contributed by atoms with Crippen molar-refractivity contribution in [1.82, 2.24) is 0 Å². The molecule has 0 aromatic carbocycles. The molecule has 1 fully saturated rings. The zero-order valence-corrected chi connectivity index (χ0v) is 38.0. The van der Waals surface area contributed by atoms with Crippen LogP contribution in [0.4, 0.5) is 0 Å². The molecule has 1 unspecified atom stereocenters. The number of allylic oxidation sites excluding steroid dienone is 3. The predicted octanol–water partition coefficient (Wildman–Crippen LogP) is 7.56. The number of ether oxygens (including phenoxy) is 2. The van der Waals surface area contributed by atoms with E-state index in [4.69, 9.17) is 23.8 Å². The van der Waals surface area contributed by atoms with Gasteiger partial charge in [0.25, 0.3) is 0 Å². The van der Waals surface area contributed by atoms with Crippen molar-refractivity contribution in [2.24, 2.45) is 17.8 Å². The van der Waals surface area contributed by atoms with E-state index < -0.39 is 84.3 Å². The molecular formula is C42H76O16P2. The van der Waals surface area contributed by atoms with Crippen molar-refractivity contribution in [3.05, 3.63) is 24.3 Å². The van der Waals surface area contributed by atoms with Gasteiger partial charge in [-0.3, -0.25) is 28.0 Å². The highest BCUT2D eigenvalue weighted by molar-refractivity contribution is 7.47. The quantitative estimate of drug-likeness (QED) is 0.0152. The maximum Gasteiger partial charge on any atom is 0.472 e. The Balaban J connectivity index is 2.59. The number of phosphoric ester groups is 2. The number of ketones is 1. The van der Waals surface area contributed by atoms with Crippen LogP contribution in [0, 0.1) is 17.8 Å². The van der Waals surface area contributed by atoms with Crippen molar-refractivity contribution in [1.29, 1.82) is 0 Å². The second kappa shape index (κ2) is 32.8. The van der Waals surface area contributed by atoms with E-state index >= 15 is 0 Å². The summed E-state index contributed by atoms with van der Waals surface area (Å²) in [6, 6.07) is 0. The number of carbonyl (C=O) groups is 3. The Bertz CT molecular complexity index is 1330. The first-order valence-electron chi connectivity index (χ1n) is 22.0. The fraction of sp³-hybridized carbons (Fsp3) is 0.833. The Labute approximate surface area is 357 Å². The highest BCUT2D eigenvalue weighted by Crippen LogP contribution is 2.44. The Hall–Kier alpha value is -1.81. The van der Waals surface area contributed by atoms with E-state index in [9.17, 15) is 43.7 Å². The van der Waals surface area contributed by atoms with Crippen LogP contribution < -0.4 is 0 Å². The zero-order valence-electron chi connectivity index (χ0n) is 36.2. The number of aliphatic hydroxyl groups excluding tert-OH is 3. The molecule has 6 N–H and O–H groups in total. The summed E-state index contributed by atoms with van der Waals surface area (Å²) < 4.78 is 47.7. The van der Waals surface area contributed by atoms with E-state index in [2.05, 4.69) is 29.8 Å². The summed E-state index contributed by atoms with van der Waals surface area (Å²) in [6.45, 7) is 3.63.